The molecule has 0 aliphatic heterocycles. The Bertz CT molecular complexity index is 269. The highest BCUT2D eigenvalue weighted by atomic mass is 32.2. The lowest BCUT2D eigenvalue weighted by Gasteiger charge is -2.15. The first kappa shape index (κ1) is 20.5. The van der Waals surface area contributed by atoms with Crippen molar-refractivity contribution in [3.63, 3.8) is 0 Å². The monoisotopic (exact) mass is 316 g/mol. The molecule has 0 radical (unpaired) electrons. The van der Waals surface area contributed by atoms with Gasteiger partial charge in [0.2, 0.25) is 0 Å². The van der Waals surface area contributed by atoms with E-state index in [2.05, 4.69) is 20.8 Å². The highest BCUT2D eigenvalue weighted by molar-refractivity contribution is 8.14. The number of ether oxygens (including phenoxy) is 1. The van der Waals surface area contributed by atoms with E-state index in [1.54, 1.807) is 0 Å². The van der Waals surface area contributed by atoms with Crippen LogP contribution in [0.4, 0.5) is 0 Å². The van der Waals surface area contributed by atoms with Gasteiger partial charge < -0.3 is 4.74 Å². The minimum absolute atomic E-state index is 0.0878. The predicted octanol–water partition coefficient (Wildman–Crippen LogP) is 5.12. The summed E-state index contributed by atoms with van der Waals surface area (Å²) in [5.41, 5.74) is 0. The second kappa shape index (κ2) is 14.4. The van der Waals surface area contributed by atoms with Gasteiger partial charge in [0, 0.05) is 11.7 Å². The normalized spacial score (nSPS) is 13.7. The number of hydrogen-bond acceptors (Lipinski definition) is 4. The van der Waals surface area contributed by atoms with Crippen LogP contribution in [0.25, 0.3) is 0 Å². The second-order valence-corrected chi connectivity index (χ2v) is 7.15. The summed E-state index contributed by atoms with van der Waals surface area (Å²) in [6, 6.07) is 0. The number of unbranched alkanes of at least 4 members (excludes halogenated alkanes) is 5. The number of carbonyl (C=O) groups excluding carboxylic acids is 2. The smallest absolute Gasteiger partial charge is 0.293 e. The van der Waals surface area contributed by atoms with E-state index < -0.39 is 0 Å². The lowest BCUT2D eigenvalue weighted by molar-refractivity contribution is -0.134. The SMILES string of the molecule is CCCCCCCCC(CCC(=O)SC(C)CC)OC=O. The van der Waals surface area contributed by atoms with E-state index in [0.29, 0.717) is 24.6 Å². The molecule has 0 aromatic carbocycles. The van der Waals surface area contributed by atoms with Crippen LogP contribution in [0.1, 0.15) is 85.0 Å². The van der Waals surface area contributed by atoms with Gasteiger partial charge >= 0.3 is 0 Å². The number of hydrogen-bond donors (Lipinski definition) is 0. The fourth-order valence-corrected chi connectivity index (χ4v) is 3.01. The highest BCUT2D eigenvalue weighted by Gasteiger charge is 2.14. The maximum atomic E-state index is 11.8. The van der Waals surface area contributed by atoms with Crippen LogP contribution in [-0.4, -0.2) is 22.9 Å². The molecule has 4 heteroatoms. The Morgan fingerprint density at radius 3 is 2.38 bits per heavy atom. The molecule has 0 saturated carbocycles. The topological polar surface area (TPSA) is 43.4 Å². The van der Waals surface area contributed by atoms with Crippen LogP contribution < -0.4 is 0 Å². The first-order chi connectivity index (χ1) is 10.1. The summed E-state index contributed by atoms with van der Waals surface area (Å²) in [6.45, 7) is 6.89. The van der Waals surface area contributed by atoms with Gasteiger partial charge in [0.1, 0.15) is 6.10 Å². The van der Waals surface area contributed by atoms with Crippen LogP contribution in [0.15, 0.2) is 0 Å². The van der Waals surface area contributed by atoms with Crippen LogP contribution in [0.2, 0.25) is 0 Å². The third-order valence-corrected chi connectivity index (χ3v) is 4.91. The molecule has 0 fully saturated rings. The van der Waals surface area contributed by atoms with Gasteiger partial charge in [0.25, 0.3) is 6.47 Å². The number of rotatable bonds is 14. The van der Waals surface area contributed by atoms with Gasteiger partial charge in [-0.2, -0.15) is 0 Å². The Kier molecular flexibility index (Phi) is 14.1. The molecule has 0 amide bonds. The highest BCUT2D eigenvalue weighted by Crippen LogP contribution is 2.20. The van der Waals surface area contributed by atoms with Crippen molar-refractivity contribution in [2.24, 2.45) is 0 Å². The fourth-order valence-electron chi connectivity index (χ4n) is 2.16. The van der Waals surface area contributed by atoms with Crippen molar-refractivity contribution in [2.75, 3.05) is 0 Å². The molecule has 0 aromatic rings. The molecule has 124 valence electrons. The van der Waals surface area contributed by atoms with Gasteiger partial charge in [-0.25, -0.2) is 0 Å². The first-order valence-corrected chi connectivity index (χ1v) is 9.30. The molecular formula is C17H32O3S. The second-order valence-electron chi connectivity index (χ2n) is 5.66. The van der Waals surface area contributed by atoms with E-state index in [4.69, 9.17) is 4.74 Å². The summed E-state index contributed by atoms with van der Waals surface area (Å²) < 4.78 is 5.11. The quantitative estimate of drug-likeness (QED) is 0.329. The Hall–Kier alpha value is -0.510. The van der Waals surface area contributed by atoms with Crippen LogP contribution in [-0.2, 0) is 14.3 Å². The van der Waals surface area contributed by atoms with Crippen molar-refractivity contribution < 1.29 is 14.3 Å². The van der Waals surface area contributed by atoms with Crippen molar-refractivity contribution in [2.45, 2.75) is 96.3 Å². The Balaban J connectivity index is 3.80. The lowest BCUT2D eigenvalue weighted by atomic mass is 10.0. The van der Waals surface area contributed by atoms with Crippen molar-refractivity contribution in [1.29, 1.82) is 0 Å². The summed E-state index contributed by atoms with van der Waals surface area (Å²) in [7, 11) is 0. The van der Waals surface area contributed by atoms with Gasteiger partial charge in [-0.15, -0.1) is 0 Å². The third kappa shape index (κ3) is 12.9. The molecule has 0 aromatic heterocycles. The Morgan fingerprint density at radius 1 is 1.10 bits per heavy atom. The van der Waals surface area contributed by atoms with Crippen molar-refractivity contribution in [3.05, 3.63) is 0 Å². The molecule has 0 heterocycles. The average Bonchev–Trinajstić information content (AvgIpc) is 2.48. The molecule has 21 heavy (non-hydrogen) atoms. The van der Waals surface area contributed by atoms with Crippen LogP contribution >= 0.6 is 11.8 Å². The molecule has 3 nitrogen and oxygen atoms in total. The van der Waals surface area contributed by atoms with Gasteiger partial charge in [0.15, 0.2) is 5.12 Å². The minimum atomic E-state index is -0.0878. The molecule has 2 unspecified atom stereocenters. The van der Waals surface area contributed by atoms with Crippen molar-refractivity contribution in [1.82, 2.24) is 0 Å². The lowest BCUT2D eigenvalue weighted by Crippen LogP contribution is -2.14. The zero-order chi connectivity index (χ0) is 15.9. The largest absolute Gasteiger partial charge is 0.465 e. The fraction of sp³-hybridized carbons (Fsp3) is 0.882. The van der Waals surface area contributed by atoms with Gasteiger partial charge in [0.05, 0.1) is 0 Å². The maximum absolute atomic E-state index is 11.8. The molecule has 2 atom stereocenters. The number of carbonyl (C=O) groups is 2. The summed E-state index contributed by atoms with van der Waals surface area (Å²) >= 11 is 1.41. The van der Waals surface area contributed by atoms with E-state index >= 15 is 0 Å². The van der Waals surface area contributed by atoms with Crippen molar-refractivity contribution in [3.8, 4) is 0 Å². The van der Waals surface area contributed by atoms with E-state index in [-0.39, 0.29) is 11.2 Å². The molecule has 0 N–H and O–H groups in total. The predicted molar refractivity (Wildman–Crippen MR) is 90.5 cm³/mol. The molecule has 0 aliphatic rings. The molecule has 0 spiro atoms. The zero-order valence-corrected chi connectivity index (χ0v) is 14.8. The third-order valence-electron chi connectivity index (χ3n) is 3.71. The van der Waals surface area contributed by atoms with Crippen molar-refractivity contribution >= 4 is 23.3 Å². The van der Waals surface area contributed by atoms with Crippen LogP contribution in [0.5, 0.6) is 0 Å². The van der Waals surface area contributed by atoms with Crippen LogP contribution in [0.3, 0.4) is 0 Å². The number of thioether (sulfide) groups is 1. The van der Waals surface area contributed by atoms with E-state index in [1.807, 2.05) is 0 Å². The molecule has 0 bridgehead atoms. The van der Waals surface area contributed by atoms with Gasteiger partial charge in [-0.05, 0) is 25.7 Å². The first-order valence-electron chi connectivity index (χ1n) is 8.42. The maximum Gasteiger partial charge on any atom is 0.293 e. The summed E-state index contributed by atoms with van der Waals surface area (Å²) in [5.74, 6) is 0. The minimum Gasteiger partial charge on any atom is -0.465 e. The molecule has 0 saturated heterocycles. The summed E-state index contributed by atoms with van der Waals surface area (Å²) in [5, 5.41) is 0.591. The van der Waals surface area contributed by atoms with E-state index in [0.717, 1.165) is 19.3 Å². The molecule has 0 aliphatic carbocycles. The summed E-state index contributed by atoms with van der Waals surface area (Å²) in [6.07, 6.45) is 10.3. The standard InChI is InChI=1S/C17H32O3S/c1-4-6-7-8-9-10-11-16(20-14-18)12-13-17(19)21-15(3)5-2/h14-16H,4-13H2,1-3H3. The Morgan fingerprint density at radius 2 is 1.76 bits per heavy atom. The summed E-state index contributed by atoms with van der Waals surface area (Å²) in [4.78, 5) is 22.3. The van der Waals surface area contributed by atoms with E-state index in [9.17, 15) is 9.59 Å². The van der Waals surface area contributed by atoms with Gasteiger partial charge in [-0.1, -0.05) is 64.6 Å². The van der Waals surface area contributed by atoms with Gasteiger partial charge in [-0.3, -0.25) is 9.59 Å². The Labute approximate surface area is 134 Å². The molecular weight excluding hydrogens is 284 g/mol. The van der Waals surface area contributed by atoms with E-state index in [1.165, 1.54) is 43.9 Å². The van der Waals surface area contributed by atoms with Crippen LogP contribution in [0, 0.1) is 0 Å². The average molecular weight is 317 g/mol. The zero-order valence-electron chi connectivity index (χ0n) is 13.9. The molecule has 0 rings (SSSR count).